The van der Waals surface area contributed by atoms with E-state index in [1.807, 2.05) is 20.8 Å². The van der Waals surface area contributed by atoms with Crippen molar-refractivity contribution in [1.82, 2.24) is 5.32 Å². The lowest BCUT2D eigenvalue weighted by Gasteiger charge is -2.15. The highest BCUT2D eigenvalue weighted by molar-refractivity contribution is 6.32. The molecule has 4 nitrogen and oxygen atoms in total. The number of amides is 3. The number of benzene rings is 1. The molecule has 1 heterocycles. The van der Waals surface area contributed by atoms with Gasteiger partial charge in [-0.15, -0.1) is 0 Å². The summed E-state index contributed by atoms with van der Waals surface area (Å²) in [6.07, 6.45) is 0. The Morgan fingerprint density at radius 1 is 1.33 bits per heavy atom. The molecule has 1 aliphatic rings. The monoisotopic (exact) mass is 266 g/mol. The van der Waals surface area contributed by atoms with Crippen molar-refractivity contribution in [2.24, 2.45) is 5.92 Å². The maximum Gasteiger partial charge on any atom is 0.329 e. The minimum absolute atomic E-state index is 0.0624. The van der Waals surface area contributed by atoms with Crippen LogP contribution in [0.5, 0.6) is 0 Å². The molecular formula is C13H15ClN2O2. The van der Waals surface area contributed by atoms with Gasteiger partial charge in [-0.2, -0.15) is 0 Å². The molecule has 0 radical (unpaired) electrons. The van der Waals surface area contributed by atoms with Crippen molar-refractivity contribution < 1.29 is 9.59 Å². The molecule has 96 valence electrons. The van der Waals surface area contributed by atoms with Gasteiger partial charge in [-0.05, 0) is 30.5 Å². The Morgan fingerprint density at radius 3 is 2.50 bits per heavy atom. The van der Waals surface area contributed by atoms with Crippen molar-refractivity contribution in [3.8, 4) is 0 Å². The number of nitrogens with zero attached hydrogens (tertiary/aromatic N) is 1. The summed E-state index contributed by atoms with van der Waals surface area (Å²) in [6.45, 7) is 5.66. The topological polar surface area (TPSA) is 49.4 Å². The van der Waals surface area contributed by atoms with E-state index in [1.54, 1.807) is 18.2 Å². The summed E-state index contributed by atoms with van der Waals surface area (Å²) in [5.74, 6) is -0.165. The zero-order valence-electron chi connectivity index (χ0n) is 10.5. The van der Waals surface area contributed by atoms with Gasteiger partial charge in [-0.3, -0.25) is 4.79 Å². The Bertz CT molecular complexity index is 514. The number of imide groups is 1. The van der Waals surface area contributed by atoms with Gasteiger partial charge in [0, 0.05) is 5.02 Å². The van der Waals surface area contributed by atoms with Gasteiger partial charge in [0.05, 0.1) is 5.69 Å². The summed E-state index contributed by atoms with van der Waals surface area (Å²) in [7, 11) is 0. The van der Waals surface area contributed by atoms with Crippen LogP contribution in [0.1, 0.15) is 19.4 Å². The summed E-state index contributed by atoms with van der Waals surface area (Å²) in [6, 6.07) is 4.30. The van der Waals surface area contributed by atoms with E-state index >= 15 is 0 Å². The first kappa shape index (κ1) is 12.9. The van der Waals surface area contributed by atoms with Crippen molar-refractivity contribution in [2.45, 2.75) is 26.8 Å². The van der Waals surface area contributed by atoms with Crippen molar-refractivity contribution >= 4 is 29.2 Å². The first-order valence-corrected chi connectivity index (χ1v) is 6.20. The van der Waals surface area contributed by atoms with Crippen LogP contribution in [0.15, 0.2) is 18.2 Å². The molecule has 1 aliphatic heterocycles. The van der Waals surface area contributed by atoms with Crippen LogP contribution in [0.3, 0.4) is 0 Å². The lowest BCUT2D eigenvalue weighted by molar-refractivity contribution is -0.119. The molecule has 0 spiro atoms. The lowest BCUT2D eigenvalue weighted by Crippen LogP contribution is -2.34. The van der Waals surface area contributed by atoms with Crippen molar-refractivity contribution in [2.75, 3.05) is 4.90 Å². The molecule has 2 rings (SSSR count). The normalized spacial score (nSPS) is 19.6. The van der Waals surface area contributed by atoms with Crippen molar-refractivity contribution in [3.63, 3.8) is 0 Å². The first-order valence-electron chi connectivity index (χ1n) is 5.82. The zero-order chi connectivity index (χ0) is 13.4. The van der Waals surface area contributed by atoms with Crippen LogP contribution in [0, 0.1) is 12.8 Å². The van der Waals surface area contributed by atoms with E-state index in [0.29, 0.717) is 10.7 Å². The van der Waals surface area contributed by atoms with Gasteiger partial charge >= 0.3 is 6.03 Å². The third kappa shape index (κ3) is 2.08. The highest BCUT2D eigenvalue weighted by Gasteiger charge is 2.40. The standard InChI is InChI=1S/C13H15ClN2O2/c1-7(2)11-12(17)16(13(18)15-11)9-5-4-8(3)10(14)6-9/h4-7,11H,1-3H3,(H,15,18)/t11-/m1/s1. The maximum atomic E-state index is 12.2. The van der Waals surface area contributed by atoms with E-state index in [1.165, 1.54) is 0 Å². The van der Waals surface area contributed by atoms with Crippen LogP contribution < -0.4 is 10.2 Å². The average Bonchev–Trinajstić information content (AvgIpc) is 2.59. The molecule has 3 amide bonds. The number of nitrogens with one attached hydrogen (secondary N) is 1. The number of carbonyl (C=O) groups excluding carboxylic acids is 2. The van der Waals surface area contributed by atoms with Crippen LogP contribution in [0.4, 0.5) is 10.5 Å². The van der Waals surface area contributed by atoms with E-state index in [0.717, 1.165) is 10.5 Å². The van der Waals surface area contributed by atoms with E-state index in [-0.39, 0.29) is 11.8 Å². The van der Waals surface area contributed by atoms with Gasteiger partial charge in [0.25, 0.3) is 5.91 Å². The first-order chi connectivity index (χ1) is 8.41. The number of anilines is 1. The SMILES string of the molecule is Cc1ccc(N2C(=O)N[C@H](C(C)C)C2=O)cc1Cl. The lowest BCUT2D eigenvalue weighted by atomic mass is 10.0. The highest BCUT2D eigenvalue weighted by Crippen LogP contribution is 2.26. The minimum atomic E-state index is -0.461. The van der Waals surface area contributed by atoms with Gasteiger partial charge in [-0.25, -0.2) is 9.69 Å². The van der Waals surface area contributed by atoms with E-state index in [4.69, 9.17) is 11.6 Å². The van der Waals surface area contributed by atoms with E-state index < -0.39 is 12.1 Å². The molecule has 1 fully saturated rings. The maximum absolute atomic E-state index is 12.2. The second kappa shape index (κ2) is 4.61. The van der Waals surface area contributed by atoms with Gasteiger partial charge in [0.15, 0.2) is 0 Å². The Kier molecular flexibility index (Phi) is 3.30. The Hall–Kier alpha value is -1.55. The zero-order valence-corrected chi connectivity index (χ0v) is 11.3. The van der Waals surface area contributed by atoms with Gasteiger partial charge in [-0.1, -0.05) is 31.5 Å². The average molecular weight is 267 g/mol. The number of hydrogen-bond donors (Lipinski definition) is 1. The quantitative estimate of drug-likeness (QED) is 0.837. The fourth-order valence-corrected chi connectivity index (χ4v) is 2.09. The second-order valence-corrected chi connectivity index (χ2v) is 5.19. The smallest absolute Gasteiger partial charge is 0.325 e. The van der Waals surface area contributed by atoms with Crippen LogP contribution in [0.25, 0.3) is 0 Å². The molecule has 0 aliphatic carbocycles. The third-order valence-electron chi connectivity index (χ3n) is 3.05. The molecular weight excluding hydrogens is 252 g/mol. The number of halogens is 1. The highest BCUT2D eigenvalue weighted by atomic mass is 35.5. The Balaban J connectivity index is 2.36. The molecule has 0 unspecified atom stereocenters. The fourth-order valence-electron chi connectivity index (χ4n) is 1.92. The van der Waals surface area contributed by atoms with Crippen LogP contribution in [-0.2, 0) is 4.79 Å². The van der Waals surface area contributed by atoms with Crippen LogP contribution >= 0.6 is 11.6 Å². The molecule has 0 bridgehead atoms. The largest absolute Gasteiger partial charge is 0.329 e. The third-order valence-corrected chi connectivity index (χ3v) is 3.46. The fraction of sp³-hybridized carbons (Fsp3) is 0.385. The molecule has 0 saturated carbocycles. The molecule has 1 saturated heterocycles. The van der Waals surface area contributed by atoms with E-state index in [9.17, 15) is 9.59 Å². The predicted molar refractivity (Wildman–Crippen MR) is 70.8 cm³/mol. The molecule has 1 aromatic rings. The summed E-state index contributed by atoms with van der Waals surface area (Å²) < 4.78 is 0. The van der Waals surface area contributed by atoms with Gasteiger partial charge in [0.2, 0.25) is 0 Å². The minimum Gasteiger partial charge on any atom is -0.325 e. The number of urea groups is 1. The van der Waals surface area contributed by atoms with Gasteiger partial charge < -0.3 is 5.32 Å². The predicted octanol–water partition coefficient (Wildman–Crippen LogP) is 2.73. The van der Waals surface area contributed by atoms with Crippen LogP contribution in [0.2, 0.25) is 5.02 Å². The molecule has 1 N–H and O–H groups in total. The Labute approximate surface area is 111 Å². The molecule has 1 aromatic carbocycles. The number of rotatable bonds is 2. The molecule has 5 heteroatoms. The Morgan fingerprint density at radius 2 is 2.00 bits per heavy atom. The summed E-state index contributed by atoms with van der Waals surface area (Å²) in [5, 5.41) is 3.22. The van der Waals surface area contributed by atoms with Gasteiger partial charge in [0.1, 0.15) is 6.04 Å². The number of aryl methyl sites for hydroxylation is 1. The summed E-state index contributed by atoms with van der Waals surface area (Å²) in [5.41, 5.74) is 1.42. The molecule has 1 atom stereocenters. The van der Waals surface area contributed by atoms with E-state index in [2.05, 4.69) is 5.32 Å². The summed E-state index contributed by atoms with van der Waals surface area (Å²) in [4.78, 5) is 25.1. The van der Waals surface area contributed by atoms with Crippen molar-refractivity contribution in [3.05, 3.63) is 28.8 Å². The number of hydrogen-bond acceptors (Lipinski definition) is 2. The van der Waals surface area contributed by atoms with Crippen molar-refractivity contribution in [1.29, 1.82) is 0 Å². The van der Waals surface area contributed by atoms with Crippen LogP contribution in [-0.4, -0.2) is 18.0 Å². The molecule has 0 aromatic heterocycles. The summed E-state index contributed by atoms with van der Waals surface area (Å²) >= 11 is 6.02. The second-order valence-electron chi connectivity index (χ2n) is 4.78. The molecule has 18 heavy (non-hydrogen) atoms. The number of carbonyl (C=O) groups is 2.